The van der Waals surface area contributed by atoms with Crippen molar-refractivity contribution in [2.75, 3.05) is 0 Å². The highest BCUT2D eigenvalue weighted by atomic mass is 35.5. The van der Waals surface area contributed by atoms with Gasteiger partial charge in [0.25, 0.3) is 0 Å². The summed E-state index contributed by atoms with van der Waals surface area (Å²) in [7, 11) is 0. The van der Waals surface area contributed by atoms with Crippen LogP contribution in [0.25, 0.3) is 0 Å². The summed E-state index contributed by atoms with van der Waals surface area (Å²) in [5.41, 5.74) is 7.88. The monoisotopic (exact) mass is 303 g/mol. The summed E-state index contributed by atoms with van der Waals surface area (Å²) in [6.07, 6.45) is 1.67. The molecule has 0 spiro atoms. The number of hydrogen-bond donors (Lipinski definition) is 1. The lowest BCUT2D eigenvalue weighted by Gasteiger charge is -2.00. The van der Waals surface area contributed by atoms with Gasteiger partial charge in [-0.2, -0.15) is 5.10 Å². The van der Waals surface area contributed by atoms with Crippen LogP contribution in [-0.2, 0) is 5.75 Å². The molecule has 0 radical (unpaired) electrons. The lowest BCUT2D eigenvalue weighted by molar-refractivity contribution is 1.25. The maximum Gasteiger partial charge on any atom is 0.180 e. The molecule has 2 aromatic rings. The molecule has 0 fully saturated rings. The Hall–Kier alpha value is -1.78. The van der Waals surface area contributed by atoms with E-state index in [1.165, 1.54) is 11.8 Å². The second kappa shape index (κ2) is 7.72. The molecule has 20 heavy (non-hydrogen) atoms. The van der Waals surface area contributed by atoms with Gasteiger partial charge in [-0.25, -0.2) is 0 Å². The fraction of sp³-hybridized carbons (Fsp3) is 0.0667. The van der Waals surface area contributed by atoms with E-state index in [1.807, 2.05) is 54.6 Å². The van der Waals surface area contributed by atoms with Crippen LogP contribution in [-0.4, -0.2) is 11.4 Å². The van der Waals surface area contributed by atoms with Gasteiger partial charge in [0, 0.05) is 10.8 Å². The van der Waals surface area contributed by atoms with Crippen molar-refractivity contribution >= 4 is 34.7 Å². The number of thioether (sulfide) groups is 1. The first-order valence-corrected chi connectivity index (χ1v) is 7.39. The lowest BCUT2D eigenvalue weighted by atomic mass is 10.2. The summed E-state index contributed by atoms with van der Waals surface area (Å²) in [6, 6.07) is 17.4. The van der Waals surface area contributed by atoms with Gasteiger partial charge in [0.2, 0.25) is 0 Å². The molecule has 0 heterocycles. The number of hydrogen-bond acceptors (Lipinski definition) is 3. The van der Waals surface area contributed by atoms with Crippen molar-refractivity contribution in [3.63, 3.8) is 0 Å². The first-order chi connectivity index (χ1) is 9.74. The summed E-state index contributed by atoms with van der Waals surface area (Å²) in [6.45, 7) is 0. The van der Waals surface area contributed by atoms with E-state index in [9.17, 15) is 0 Å². The molecule has 0 aliphatic carbocycles. The zero-order valence-electron chi connectivity index (χ0n) is 10.7. The standard InChI is InChI=1S/C15H14ClN3S/c16-14-8-4-7-13(9-14)11-20-15(17)19-18-10-12-5-2-1-3-6-12/h1-10H,11H2,(H2,17,19)/b18-10+. The SMILES string of the molecule is N/C(=N\N=C\c1ccccc1)SCc1cccc(Cl)c1. The fourth-order valence-corrected chi connectivity index (χ4v) is 2.32. The third-order valence-corrected chi connectivity index (χ3v) is 3.53. The van der Waals surface area contributed by atoms with Crippen LogP contribution in [0, 0.1) is 0 Å². The Bertz CT molecular complexity index is 612. The average molecular weight is 304 g/mol. The topological polar surface area (TPSA) is 50.7 Å². The Labute approximate surface area is 127 Å². The zero-order chi connectivity index (χ0) is 14.2. The molecule has 2 N–H and O–H groups in total. The van der Waals surface area contributed by atoms with Crippen molar-refractivity contribution in [3.8, 4) is 0 Å². The van der Waals surface area contributed by atoms with Gasteiger partial charge in [0.1, 0.15) is 0 Å². The van der Waals surface area contributed by atoms with Crippen LogP contribution in [0.3, 0.4) is 0 Å². The van der Waals surface area contributed by atoms with Crippen molar-refractivity contribution in [1.82, 2.24) is 0 Å². The van der Waals surface area contributed by atoms with Gasteiger partial charge in [0.15, 0.2) is 5.17 Å². The molecule has 5 heteroatoms. The molecular weight excluding hydrogens is 290 g/mol. The van der Waals surface area contributed by atoms with Gasteiger partial charge in [-0.15, -0.1) is 5.10 Å². The highest BCUT2D eigenvalue weighted by Crippen LogP contribution is 2.16. The average Bonchev–Trinajstić information content (AvgIpc) is 2.46. The molecule has 0 aliphatic rings. The molecule has 0 saturated carbocycles. The van der Waals surface area contributed by atoms with Crippen LogP contribution < -0.4 is 5.73 Å². The van der Waals surface area contributed by atoms with Crippen LogP contribution in [0.5, 0.6) is 0 Å². The summed E-state index contributed by atoms with van der Waals surface area (Å²) < 4.78 is 0. The minimum absolute atomic E-state index is 0.428. The number of benzene rings is 2. The Balaban J connectivity index is 1.87. The maximum absolute atomic E-state index is 5.92. The van der Waals surface area contributed by atoms with E-state index in [-0.39, 0.29) is 0 Å². The Morgan fingerprint density at radius 1 is 1.15 bits per heavy atom. The molecule has 0 aliphatic heterocycles. The quantitative estimate of drug-likeness (QED) is 0.529. The summed E-state index contributed by atoms with van der Waals surface area (Å²) in [5.74, 6) is 0.719. The number of halogens is 1. The summed E-state index contributed by atoms with van der Waals surface area (Å²) in [4.78, 5) is 0. The van der Waals surface area contributed by atoms with Crippen LogP contribution in [0.15, 0.2) is 64.8 Å². The number of amidine groups is 1. The lowest BCUT2D eigenvalue weighted by Crippen LogP contribution is -2.06. The molecular formula is C15H14ClN3S. The molecule has 3 nitrogen and oxygen atoms in total. The van der Waals surface area contributed by atoms with Crippen molar-refractivity contribution in [2.45, 2.75) is 5.75 Å². The first kappa shape index (κ1) is 14.6. The van der Waals surface area contributed by atoms with Gasteiger partial charge in [-0.1, -0.05) is 65.8 Å². The largest absolute Gasteiger partial charge is 0.377 e. The second-order valence-electron chi connectivity index (χ2n) is 4.01. The van der Waals surface area contributed by atoms with E-state index in [1.54, 1.807) is 6.21 Å². The Morgan fingerprint density at radius 3 is 2.70 bits per heavy atom. The molecule has 2 aromatic carbocycles. The predicted octanol–water partition coefficient (Wildman–Crippen LogP) is 3.92. The third kappa shape index (κ3) is 5.07. The van der Waals surface area contributed by atoms with Crippen molar-refractivity contribution < 1.29 is 0 Å². The predicted molar refractivity (Wildman–Crippen MR) is 88.4 cm³/mol. The molecule has 0 bridgehead atoms. The third-order valence-electron chi connectivity index (χ3n) is 2.44. The molecule has 0 atom stereocenters. The van der Waals surface area contributed by atoms with Gasteiger partial charge in [-0.3, -0.25) is 0 Å². The summed E-state index contributed by atoms with van der Waals surface area (Å²) >= 11 is 7.35. The van der Waals surface area contributed by atoms with Gasteiger partial charge < -0.3 is 5.73 Å². The molecule has 0 aromatic heterocycles. The number of rotatable bonds is 4. The minimum atomic E-state index is 0.428. The first-order valence-electron chi connectivity index (χ1n) is 6.03. The Kier molecular flexibility index (Phi) is 5.65. The molecule has 2 rings (SSSR count). The summed E-state index contributed by atoms with van der Waals surface area (Å²) in [5, 5.41) is 9.06. The fourth-order valence-electron chi connectivity index (χ4n) is 1.50. The molecule has 0 amide bonds. The van der Waals surface area contributed by atoms with Crippen LogP contribution >= 0.6 is 23.4 Å². The normalized spacial score (nSPS) is 11.9. The molecule has 0 unspecified atom stereocenters. The maximum atomic E-state index is 5.92. The minimum Gasteiger partial charge on any atom is -0.377 e. The second-order valence-corrected chi connectivity index (χ2v) is 5.44. The number of nitrogens with zero attached hydrogens (tertiary/aromatic N) is 2. The van der Waals surface area contributed by atoms with Gasteiger partial charge in [0.05, 0.1) is 6.21 Å². The number of nitrogens with two attached hydrogens (primary N) is 1. The van der Waals surface area contributed by atoms with Crippen molar-refractivity contribution in [2.24, 2.45) is 15.9 Å². The Morgan fingerprint density at radius 2 is 1.95 bits per heavy atom. The van der Waals surface area contributed by atoms with Gasteiger partial charge in [-0.05, 0) is 23.3 Å². The smallest absolute Gasteiger partial charge is 0.180 e. The van der Waals surface area contributed by atoms with Crippen LogP contribution in [0.1, 0.15) is 11.1 Å². The van der Waals surface area contributed by atoms with Crippen molar-refractivity contribution in [3.05, 3.63) is 70.7 Å². The van der Waals surface area contributed by atoms with E-state index >= 15 is 0 Å². The highest BCUT2D eigenvalue weighted by Gasteiger charge is 1.97. The van der Waals surface area contributed by atoms with E-state index in [0.717, 1.165) is 21.9 Å². The van der Waals surface area contributed by atoms with Gasteiger partial charge >= 0.3 is 0 Å². The molecule has 102 valence electrons. The van der Waals surface area contributed by atoms with E-state index in [4.69, 9.17) is 17.3 Å². The van der Waals surface area contributed by atoms with Crippen molar-refractivity contribution in [1.29, 1.82) is 0 Å². The van der Waals surface area contributed by atoms with Crippen LogP contribution in [0.4, 0.5) is 0 Å². The van der Waals surface area contributed by atoms with Crippen LogP contribution in [0.2, 0.25) is 5.02 Å². The van der Waals surface area contributed by atoms with E-state index in [2.05, 4.69) is 10.2 Å². The van der Waals surface area contributed by atoms with E-state index < -0.39 is 0 Å². The zero-order valence-corrected chi connectivity index (χ0v) is 12.3. The highest BCUT2D eigenvalue weighted by molar-refractivity contribution is 8.13. The molecule has 0 saturated heterocycles. The van der Waals surface area contributed by atoms with E-state index in [0.29, 0.717) is 5.17 Å².